The second-order valence-electron chi connectivity index (χ2n) is 33.9. The molecule has 0 spiro atoms. The van der Waals surface area contributed by atoms with Crippen LogP contribution in [0.5, 0.6) is 0 Å². The number of esters is 9. The molecule has 0 bridgehead atoms. The number of unbranched alkanes of at least 4 members (excludes halogenated alkanes) is 54. The summed E-state index contributed by atoms with van der Waals surface area (Å²) in [5.41, 5.74) is 0. The summed E-state index contributed by atoms with van der Waals surface area (Å²) in [7, 11) is 0. The van der Waals surface area contributed by atoms with Crippen molar-refractivity contribution in [2.45, 2.75) is 518 Å². The first kappa shape index (κ1) is 134. The number of hydrogen-bond donors (Lipinski definition) is 4. The Labute approximate surface area is 787 Å². The third kappa shape index (κ3) is 120. The van der Waals surface area contributed by atoms with E-state index in [1.54, 1.807) is 0 Å². The maximum Gasteiger partial charge on any atom is 0.331 e. The predicted octanol–water partition coefficient (Wildman–Crippen LogP) is 25.1. The normalized spacial score (nSPS) is 11.4. The Morgan fingerprint density at radius 1 is 0.302 bits per heavy atom. The largest absolute Gasteiger partial charge is 0.478 e. The summed E-state index contributed by atoms with van der Waals surface area (Å²) in [5, 5.41) is 34.0. The van der Waals surface area contributed by atoms with Crippen LogP contribution in [0.1, 0.15) is 505 Å². The van der Waals surface area contributed by atoms with Gasteiger partial charge in [0.2, 0.25) is 11.0 Å². The first-order chi connectivity index (χ1) is 61.9. The van der Waals surface area contributed by atoms with Gasteiger partial charge < -0.3 is 58.3 Å². The molecule has 1 rings (SSSR count). The Bertz CT molecular complexity index is 2550. The van der Waals surface area contributed by atoms with E-state index in [0.717, 1.165) is 141 Å². The van der Waals surface area contributed by atoms with Crippen LogP contribution in [-0.4, -0.2) is 162 Å². The Kier molecular flexibility index (Phi) is 114. The third-order valence-electron chi connectivity index (χ3n) is 21.2. The highest BCUT2D eigenvalue weighted by molar-refractivity contribution is 6.63. The topological polar surface area (TPSA) is 377 Å². The monoisotopic (exact) mass is 1860 g/mol. The van der Waals surface area contributed by atoms with E-state index in [4.69, 9.17) is 60.1 Å². The Morgan fingerprint density at radius 2 is 0.504 bits per heavy atom. The van der Waals surface area contributed by atoms with Gasteiger partial charge in [-0.05, 0) is 56.5 Å². The van der Waals surface area contributed by atoms with Crippen molar-refractivity contribution in [2.75, 3.05) is 52.9 Å². The first-order valence-electron chi connectivity index (χ1n) is 50.9. The van der Waals surface area contributed by atoms with Gasteiger partial charge in [-0.3, -0.25) is 52.7 Å². The van der Waals surface area contributed by atoms with E-state index >= 15 is 0 Å². The van der Waals surface area contributed by atoms with Gasteiger partial charge in [0, 0.05) is 57.1 Å². The van der Waals surface area contributed by atoms with Crippen LogP contribution in [0.3, 0.4) is 0 Å². The van der Waals surface area contributed by atoms with Crippen LogP contribution in [0.15, 0.2) is 12.2 Å². The van der Waals surface area contributed by atoms with Crippen LogP contribution in [0, 0.1) is 0 Å². The number of carboxylic acid groups (broad SMARTS) is 1. The van der Waals surface area contributed by atoms with Crippen molar-refractivity contribution in [3.05, 3.63) is 12.2 Å². The minimum absolute atomic E-state index is 0. The highest BCUT2D eigenvalue weighted by atomic mass is 35.5. The zero-order chi connectivity index (χ0) is 95.9. The summed E-state index contributed by atoms with van der Waals surface area (Å²) in [4.78, 5) is 145. The molecule has 0 saturated carbocycles. The van der Waals surface area contributed by atoms with Crippen molar-refractivity contribution in [1.29, 1.82) is 0 Å². The summed E-state index contributed by atoms with van der Waals surface area (Å²) in [5.74, 6) is -5.98. The van der Waals surface area contributed by atoms with Crippen LogP contribution in [0.4, 0.5) is 0 Å². The lowest BCUT2D eigenvalue weighted by atomic mass is 10.1. The van der Waals surface area contributed by atoms with E-state index in [1.807, 2.05) is 0 Å². The summed E-state index contributed by atoms with van der Waals surface area (Å²) in [6, 6.07) is 0. The van der Waals surface area contributed by atoms with E-state index in [2.05, 4.69) is 53.2 Å². The fourth-order valence-electron chi connectivity index (χ4n) is 13.2. The lowest BCUT2D eigenvalue weighted by molar-refractivity contribution is -0.163. The average molecular weight is 1860 g/mol. The standard InChI is InChI=1S/C29H50O8.C27H52O5.C27H50O5.C12H23ClO.C4H4O3.C3H6O3.CH4/c1-3-5-7-9-11-12-14-16-18-20-28(33)36-24-25(37-29(34)22-21-26(30)31)23-35-27(32)19-17-15-13-10-8-6-4-2;2*1-3-5-7-9-11-13-15-17-19-21-26(29)31-23-25(28)24-32-27(30)22-20-18-16-14-12-10-8-6-4-2;1-2-3-4-5-6-7-8-9-10-11-12(13)14;5-3-1-2-4(6)7-3;4-1-3(6)2-5;/h21-22,25H,3-20,23-24H2,1-2H3,(H,30,31);25,28H,3-24H2,1-2H3;3-24H2,1-2H3;2-11H2,1H3;1-2H2;4-5H,1-2H2;1H4/b22-21+;;;;;;. The SMILES string of the molecule is C.CCCCCCCCCCCC(=O)Cl.CCCCCCCCCCCC(=O)OCC(=O)COC(=O)CCCCCCCCCCC.CCCCCCCCCCCC(=O)OCC(COC(=O)CCCCCCCCC)OC(=O)/C=C/C(=O)O.CCCCCCCCCCCC(=O)OCC(O)COC(=O)CCCCCCCCCCC.O=C(CO)CO.O=C1CCC(=O)O1. The number of aliphatic carboxylic acids is 1. The lowest BCUT2D eigenvalue weighted by Gasteiger charge is -2.17. The van der Waals surface area contributed by atoms with Gasteiger partial charge in [-0.1, -0.05) is 403 Å². The van der Waals surface area contributed by atoms with Crippen LogP contribution in [0.2, 0.25) is 0 Å². The quantitative estimate of drug-likeness (QED) is 0.0110. The van der Waals surface area contributed by atoms with Gasteiger partial charge >= 0.3 is 59.7 Å². The number of aliphatic hydroxyl groups excluding tert-OH is 3. The van der Waals surface area contributed by atoms with Crippen LogP contribution < -0.4 is 0 Å². The lowest BCUT2D eigenvalue weighted by Crippen LogP contribution is -2.30. The van der Waals surface area contributed by atoms with Crippen molar-refractivity contribution in [3.8, 4) is 0 Å². The maximum absolute atomic E-state index is 12.1. The van der Waals surface area contributed by atoms with Crippen LogP contribution >= 0.6 is 11.6 Å². The second-order valence-corrected chi connectivity index (χ2v) is 34.3. The Hall–Kier alpha value is -6.18. The fraction of sp³-hybridized carbons (Fsp3) is 0.854. The van der Waals surface area contributed by atoms with Crippen molar-refractivity contribution in [3.63, 3.8) is 0 Å². The van der Waals surface area contributed by atoms with E-state index in [9.17, 15) is 67.4 Å². The van der Waals surface area contributed by atoms with E-state index in [0.29, 0.717) is 38.2 Å². The molecule has 26 heteroatoms. The van der Waals surface area contributed by atoms with Crippen molar-refractivity contribution in [1.82, 2.24) is 0 Å². The molecule has 1 fully saturated rings. The molecule has 0 amide bonds. The summed E-state index contributed by atoms with van der Waals surface area (Å²) in [6.45, 7) is 13.0. The smallest absolute Gasteiger partial charge is 0.331 e. The number of aliphatic hydroxyl groups is 3. The molecule has 0 aliphatic carbocycles. The van der Waals surface area contributed by atoms with Gasteiger partial charge in [0.1, 0.15) is 45.7 Å². The molecule has 129 heavy (non-hydrogen) atoms. The molecule has 4 N–H and O–H groups in total. The number of carboxylic acids is 1. The number of carbonyl (C=O) groups is 13. The Balaban J connectivity index is -0.000000382. The van der Waals surface area contributed by atoms with Crippen LogP contribution in [-0.2, 0) is 100 Å². The van der Waals surface area contributed by atoms with Crippen molar-refractivity contribution in [2.24, 2.45) is 0 Å². The van der Waals surface area contributed by atoms with Gasteiger partial charge in [-0.2, -0.15) is 0 Å². The molecular formula is C103H189ClO25. The number of halogens is 1. The number of Topliss-reactive ketones (excluding diaryl/α,β-unsaturated/α-hetero) is 2. The summed E-state index contributed by atoms with van der Waals surface area (Å²) < 4.78 is 39.8. The maximum atomic E-state index is 12.1. The number of rotatable bonds is 85. The Morgan fingerprint density at radius 3 is 0.690 bits per heavy atom. The molecule has 0 aromatic heterocycles. The van der Waals surface area contributed by atoms with Crippen LogP contribution in [0.25, 0.3) is 0 Å². The molecule has 25 nitrogen and oxygen atoms in total. The molecule has 1 heterocycles. The molecular weight excluding hydrogens is 1670 g/mol. The average Bonchev–Trinajstić information content (AvgIpc) is 1.22. The zero-order valence-corrected chi connectivity index (χ0v) is 82.5. The number of carbonyl (C=O) groups excluding carboxylic acids is 12. The fourth-order valence-corrected chi connectivity index (χ4v) is 13.4. The molecule has 1 aliphatic heterocycles. The minimum Gasteiger partial charge on any atom is -0.478 e. The molecule has 1 unspecified atom stereocenters. The molecule has 0 radical (unpaired) electrons. The molecule has 1 aliphatic rings. The van der Waals surface area contributed by atoms with E-state index in [-0.39, 0.29) is 108 Å². The number of hydrogen-bond acceptors (Lipinski definition) is 24. The summed E-state index contributed by atoms with van der Waals surface area (Å²) in [6.07, 6.45) is 74.9. The molecule has 0 aromatic rings. The van der Waals surface area contributed by atoms with E-state index < -0.39 is 67.0 Å². The second kappa shape index (κ2) is 111. The minimum atomic E-state index is -1.29. The van der Waals surface area contributed by atoms with Crippen molar-refractivity contribution < 1.29 is 121 Å². The number of ketones is 2. The van der Waals surface area contributed by atoms with Gasteiger partial charge in [-0.15, -0.1) is 0 Å². The predicted molar refractivity (Wildman–Crippen MR) is 514 cm³/mol. The van der Waals surface area contributed by atoms with Gasteiger partial charge in [0.05, 0.1) is 12.8 Å². The van der Waals surface area contributed by atoms with Gasteiger partial charge in [0.15, 0.2) is 25.1 Å². The highest BCUT2D eigenvalue weighted by Gasteiger charge is 2.21. The third-order valence-corrected chi connectivity index (χ3v) is 21.4. The molecule has 0 aromatic carbocycles. The van der Waals surface area contributed by atoms with Gasteiger partial charge in [0.25, 0.3) is 0 Å². The first-order valence-corrected chi connectivity index (χ1v) is 51.2. The van der Waals surface area contributed by atoms with Gasteiger partial charge in [-0.25, -0.2) is 9.59 Å². The molecule has 1 saturated heterocycles. The number of cyclic esters (lactones) is 2. The summed E-state index contributed by atoms with van der Waals surface area (Å²) >= 11 is 5.24. The van der Waals surface area contributed by atoms with E-state index in [1.165, 1.54) is 257 Å². The highest BCUT2D eigenvalue weighted by Crippen LogP contribution is 2.19. The van der Waals surface area contributed by atoms with Crippen molar-refractivity contribution >= 4 is 88.1 Å². The zero-order valence-electron chi connectivity index (χ0n) is 81.7. The molecule has 758 valence electrons. The molecule has 1 atom stereocenters. The number of ether oxygens (including phenoxy) is 8.